The monoisotopic (exact) mass is 187 g/mol. The van der Waals surface area contributed by atoms with Crippen LogP contribution in [0, 0.1) is 6.92 Å². The summed E-state index contributed by atoms with van der Waals surface area (Å²) in [5.74, 6) is 0. The Morgan fingerprint density at radius 3 is 2.82 bits per heavy atom. The van der Waals surface area contributed by atoms with E-state index in [1.165, 1.54) is 0 Å². The summed E-state index contributed by atoms with van der Waals surface area (Å²) in [7, 11) is 0. The van der Waals surface area contributed by atoms with Crippen molar-refractivity contribution in [3.63, 3.8) is 0 Å². The molecule has 0 saturated heterocycles. The highest BCUT2D eigenvalue weighted by atomic mass is 35.5. The van der Waals surface area contributed by atoms with E-state index in [0.29, 0.717) is 0 Å². The van der Waals surface area contributed by atoms with E-state index in [9.17, 15) is 0 Å². The second-order valence-corrected chi connectivity index (χ2v) is 3.65. The summed E-state index contributed by atoms with van der Waals surface area (Å²) in [6, 6.07) is -0.124. The first-order valence-corrected chi connectivity index (χ1v) is 4.54. The summed E-state index contributed by atoms with van der Waals surface area (Å²) >= 11 is 7.55. The maximum atomic E-state index is 5.97. The maximum Gasteiger partial charge on any atom is 0.0593 e. The van der Waals surface area contributed by atoms with Crippen LogP contribution in [0.3, 0.4) is 0 Å². The van der Waals surface area contributed by atoms with Gasteiger partial charge in [-0.05, 0) is 17.9 Å². The minimum absolute atomic E-state index is 0.124. The van der Waals surface area contributed by atoms with Crippen molar-refractivity contribution >= 4 is 22.9 Å². The quantitative estimate of drug-likeness (QED) is 0.708. The predicted octanol–water partition coefficient (Wildman–Crippen LogP) is 2.90. The van der Waals surface area contributed by atoms with Crippen LogP contribution in [0.15, 0.2) is 18.0 Å². The minimum Gasteiger partial charge on any atom is -0.320 e. The molecular weight excluding hydrogens is 178 g/mol. The molecule has 3 heteroatoms. The van der Waals surface area contributed by atoms with Crippen molar-refractivity contribution in [2.75, 3.05) is 0 Å². The van der Waals surface area contributed by atoms with E-state index in [4.69, 9.17) is 17.3 Å². The number of aryl methyl sites for hydroxylation is 1. The highest BCUT2D eigenvalue weighted by Crippen LogP contribution is 2.31. The van der Waals surface area contributed by atoms with E-state index in [1.54, 1.807) is 17.4 Å². The van der Waals surface area contributed by atoms with Gasteiger partial charge in [-0.3, -0.25) is 0 Å². The van der Waals surface area contributed by atoms with Gasteiger partial charge in [-0.25, -0.2) is 0 Å². The average molecular weight is 188 g/mol. The Hall–Kier alpha value is -0.310. The number of thiophene rings is 1. The van der Waals surface area contributed by atoms with Gasteiger partial charge in [0.05, 0.1) is 11.1 Å². The molecule has 0 bridgehead atoms. The highest BCUT2D eigenvalue weighted by molar-refractivity contribution is 7.10. The minimum atomic E-state index is -0.124. The lowest BCUT2D eigenvalue weighted by atomic mass is 10.2. The molecule has 1 aromatic rings. The number of nitrogens with two attached hydrogens (primary N) is 1. The topological polar surface area (TPSA) is 26.0 Å². The molecule has 1 nitrogen and oxygen atoms in total. The van der Waals surface area contributed by atoms with Crippen LogP contribution in [0.1, 0.15) is 16.5 Å². The first-order valence-electron chi connectivity index (χ1n) is 3.28. The third-order valence-electron chi connectivity index (χ3n) is 1.48. The van der Waals surface area contributed by atoms with E-state index in [1.807, 2.05) is 12.3 Å². The van der Waals surface area contributed by atoms with Crippen molar-refractivity contribution in [1.29, 1.82) is 0 Å². The Morgan fingerprint density at radius 2 is 2.45 bits per heavy atom. The van der Waals surface area contributed by atoms with Crippen molar-refractivity contribution in [2.24, 2.45) is 5.73 Å². The molecule has 2 N–H and O–H groups in total. The van der Waals surface area contributed by atoms with Crippen LogP contribution >= 0.6 is 22.9 Å². The van der Waals surface area contributed by atoms with Crippen molar-refractivity contribution in [3.8, 4) is 0 Å². The van der Waals surface area contributed by atoms with Crippen molar-refractivity contribution in [2.45, 2.75) is 13.0 Å². The summed E-state index contributed by atoms with van der Waals surface area (Å²) in [5.41, 5.74) is 6.80. The first kappa shape index (κ1) is 8.78. The second-order valence-electron chi connectivity index (χ2n) is 2.36. The number of hydrogen-bond donors (Lipinski definition) is 1. The zero-order valence-electron chi connectivity index (χ0n) is 6.30. The van der Waals surface area contributed by atoms with Gasteiger partial charge in [0.1, 0.15) is 0 Å². The number of halogens is 1. The van der Waals surface area contributed by atoms with Crippen LogP contribution in [0.25, 0.3) is 0 Å². The lowest BCUT2D eigenvalue weighted by Gasteiger charge is -2.02. The standard InChI is InChI=1S/C8H10ClNS/c1-3-6(10)8-7(9)5(2)4-11-8/h3-4,6H,1,10H2,2H3. The van der Waals surface area contributed by atoms with Crippen molar-refractivity contribution in [3.05, 3.63) is 33.5 Å². The van der Waals surface area contributed by atoms with Gasteiger partial charge in [-0.15, -0.1) is 17.9 Å². The van der Waals surface area contributed by atoms with Gasteiger partial charge < -0.3 is 5.73 Å². The van der Waals surface area contributed by atoms with Crippen LogP contribution in [0.5, 0.6) is 0 Å². The van der Waals surface area contributed by atoms with Crippen LogP contribution in [0.2, 0.25) is 5.02 Å². The molecule has 0 amide bonds. The fourth-order valence-electron chi connectivity index (χ4n) is 0.782. The zero-order valence-corrected chi connectivity index (χ0v) is 7.88. The van der Waals surface area contributed by atoms with Gasteiger partial charge in [0.25, 0.3) is 0 Å². The Morgan fingerprint density at radius 1 is 1.82 bits per heavy atom. The Labute approximate surface area is 75.5 Å². The first-order chi connectivity index (χ1) is 5.16. The number of rotatable bonds is 2. The van der Waals surface area contributed by atoms with E-state index in [2.05, 4.69) is 6.58 Å². The molecule has 1 rings (SSSR count). The van der Waals surface area contributed by atoms with Gasteiger partial charge in [0.15, 0.2) is 0 Å². The summed E-state index contributed by atoms with van der Waals surface area (Å²) in [5, 5.41) is 2.78. The summed E-state index contributed by atoms with van der Waals surface area (Å²) in [6.45, 7) is 5.58. The molecule has 11 heavy (non-hydrogen) atoms. The highest BCUT2D eigenvalue weighted by Gasteiger charge is 2.10. The largest absolute Gasteiger partial charge is 0.320 e. The summed E-state index contributed by atoms with van der Waals surface area (Å²) in [4.78, 5) is 0.999. The smallest absolute Gasteiger partial charge is 0.0593 e. The second kappa shape index (κ2) is 3.39. The molecular formula is C8H10ClNS. The van der Waals surface area contributed by atoms with Crippen LogP contribution in [-0.4, -0.2) is 0 Å². The normalized spacial score (nSPS) is 13.0. The molecule has 0 spiro atoms. The molecule has 0 fully saturated rings. The Kier molecular flexibility index (Phi) is 2.71. The zero-order chi connectivity index (χ0) is 8.43. The molecule has 0 radical (unpaired) electrons. The number of hydrogen-bond acceptors (Lipinski definition) is 2. The third-order valence-corrected chi connectivity index (χ3v) is 3.30. The lowest BCUT2D eigenvalue weighted by molar-refractivity contribution is 0.939. The Bertz CT molecular complexity index is 267. The van der Waals surface area contributed by atoms with Crippen LogP contribution < -0.4 is 5.73 Å². The summed E-state index contributed by atoms with van der Waals surface area (Å²) in [6.07, 6.45) is 1.69. The van der Waals surface area contributed by atoms with Crippen LogP contribution in [0.4, 0.5) is 0 Å². The SMILES string of the molecule is C=CC(N)c1scc(C)c1Cl. The molecule has 1 aromatic heterocycles. The van der Waals surface area contributed by atoms with Crippen LogP contribution in [-0.2, 0) is 0 Å². The molecule has 1 unspecified atom stereocenters. The molecule has 0 aliphatic rings. The fourth-order valence-corrected chi connectivity index (χ4v) is 2.10. The summed E-state index contributed by atoms with van der Waals surface area (Å²) < 4.78 is 0. The van der Waals surface area contributed by atoms with Gasteiger partial charge >= 0.3 is 0 Å². The maximum absolute atomic E-state index is 5.97. The van der Waals surface area contributed by atoms with Crippen molar-refractivity contribution < 1.29 is 0 Å². The lowest BCUT2D eigenvalue weighted by Crippen LogP contribution is -2.04. The van der Waals surface area contributed by atoms with Gasteiger partial charge in [0, 0.05) is 4.88 Å². The third kappa shape index (κ3) is 1.64. The van der Waals surface area contributed by atoms with Crippen molar-refractivity contribution in [1.82, 2.24) is 0 Å². The van der Waals surface area contributed by atoms with E-state index < -0.39 is 0 Å². The molecule has 0 aliphatic heterocycles. The predicted molar refractivity (Wildman–Crippen MR) is 51.2 cm³/mol. The fraction of sp³-hybridized carbons (Fsp3) is 0.250. The van der Waals surface area contributed by atoms with Gasteiger partial charge in [-0.2, -0.15) is 0 Å². The van der Waals surface area contributed by atoms with E-state index in [-0.39, 0.29) is 6.04 Å². The average Bonchev–Trinajstić information content (AvgIpc) is 2.32. The van der Waals surface area contributed by atoms with Gasteiger partial charge in [0.2, 0.25) is 0 Å². The molecule has 1 atom stereocenters. The van der Waals surface area contributed by atoms with E-state index in [0.717, 1.165) is 15.5 Å². The molecule has 1 heterocycles. The molecule has 60 valence electrons. The Balaban J connectivity index is 3.03. The molecule has 0 saturated carbocycles. The van der Waals surface area contributed by atoms with Gasteiger partial charge in [-0.1, -0.05) is 17.7 Å². The van der Waals surface area contributed by atoms with E-state index >= 15 is 0 Å². The molecule has 0 aromatic carbocycles. The molecule has 0 aliphatic carbocycles.